The van der Waals surface area contributed by atoms with Crippen molar-refractivity contribution in [2.24, 2.45) is 0 Å². The lowest BCUT2D eigenvalue weighted by Gasteiger charge is -2.39. The molecule has 3 aromatic carbocycles. The fraction of sp³-hybridized carbons (Fsp3) is 0.375. The van der Waals surface area contributed by atoms with Gasteiger partial charge in [-0.15, -0.1) is 0 Å². The largest absolute Gasteiger partial charge is 0.497 e. The summed E-state index contributed by atoms with van der Waals surface area (Å²) in [6.07, 6.45) is 3.15. The van der Waals surface area contributed by atoms with Crippen LogP contribution in [0, 0.1) is 5.82 Å². The molecule has 0 atom stereocenters. The highest BCUT2D eigenvalue weighted by Crippen LogP contribution is 2.22. The van der Waals surface area contributed by atoms with E-state index in [-0.39, 0.29) is 23.7 Å². The first-order valence-electron chi connectivity index (χ1n) is 13.7. The number of hydrogen-bond donors (Lipinski definition) is 1. The molecule has 1 heterocycles. The second kappa shape index (κ2) is 13.9. The maximum atomic E-state index is 13.2. The first-order chi connectivity index (χ1) is 18.9. The van der Waals surface area contributed by atoms with Gasteiger partial charge in [-0.2, -0.15) is 0 Å². The normalized spacial score (nSPS) is 14.1. The third-order valence-electron chi connectivity index (χ3n) is 7.28. The second-order valence-electron chi connectivity index (χ2n) is 10.1. The maximum Gasteiger partial charge on any atom is 0.251 e. The molecule has 1 N–H and O–H groups in total. The number of rotatable bonds is 11. The summed E-state index contributed by atoms with van der Waals surface area (Å²) in [6.45, 7) is 5.58. The molecule has 0 aromatic heterocycles. The number of amides is 2. The van der Waals surface area contributed by atoms with E-state index in [0.717, 1.165) is 61.3 Å². The van der Waals surface area contributed by atoms with Crippen molar-refractivity contribution in [2.75, 3.05) is 20.2 Å². The molecule has 3 aromatic rings. The van der Waals surface area contributed by atoms with Crippen molar-refractivity contribution in [1.82, 2.24) is 15.1 Å². The van der Waals surface area contributed by atoms with Gasteiger partial charge in [-0.25, -0.2) is 4.39 Å². The number of carbonyl (C=O) groups excluding carboxylic acids is 2. The van der Waals surface area contributed by atoms with Gasteiger partial charge in [0, 0.05) is 50.7 Å². The third kappa shape index (κ3) is 8.14. The molecule has 6 nitrogen and oxygen atoms in total. The van der Waals surface area contributed by atoms with E-state index in [9.17, 15) is 14.0 Å². The Kier molecular flexibility index (Phi) is 10.1. The van der Waals surface area contributed by atoms with Gasteiger partial charge in [-0.3, -0.25) is 14.5 Å². The number of nitrogens with zero attached hydrogens (tertiary/aromatic N) is 2. The number of ether oxygens (including phenoxy) is 1. The van der Waals surface area contributed by atoms with Crippen molar-refractivity contribution >= 4 is 11.8 Å². The summed E-state index contributed by atoms with van der Waals surface area (Å²) >= 11 is 0. The van der Waals surface area contributed by atoms with Crippen LogP contribution in [0.25, 0.3) is 0 Å². The van der Waals surface area contributed by atoms with Crippen LogP contribution in [0.3, 0.4) is 0 Å². The van der Waals surface area contributed by atoms with Gasteiger partial charge in [0.05, 0.1) is 7.11 Å². The molecule has 1 aliphatic heterocycles. The molecule has 0 saturated carbocycles. The number of nitrogens with one attached hydrogen (secondary N) is 1. The average molecular weight is 532 g/mol. The van der Waals surface area contributed by atoms with E-state index in [1.807, 2.05) is 72.5 Å². The highest BCUT2D eigenvalue weighted by molar-refractivity contribution is 5.94. The Morgan fingerprint density at radius 1 is 0.923 bits per heavy atom. The first kappa shape index (κ1) is 28.3. The zero-order chi connectivity index (χ0) is 27.6. The average Bonchev–Trinajstić information content (AvgIpc) is 2.97. The Balaban J connectivity index is 1.32. The van der Waals surface area contributed by atoms with E-state index in [1.54, 1.807) is 7.11 Å². The maximum absolute atomic E-state index is 13.2. The number of benzene rings is 3. The predicted molar refractivity (Wildman–Crippen MR) is 151 cm³/mol. The SMILES string of the molecule is CCCC(=O)N(Cc1ccc(C(=O)NCc2ccc(OC)cc2)cc1)C1CCN(Cc2ccc(F)cc2)CC1. The Hall–Kier alpha value is -3.71. The molecule has 0 bridgehead atoms. The van der Waals surface area contributed by atoms with E-state index in [2.05, 4.69) is 10.2 Å². The third-order valence-corrected chi connectivity index (χ3v) is 7.28. The van der Waals surface area contributed by atoms with Gasteiger partial charge >= 0.3 is 0 Å². The highest BCUT2D eigenvalue weighted by Gasteiger charge is 2.27. The minimum Gasteiger partial charge on any atom is -0.497 e. The highest BCUT2D eigenvalue weighted by atomic mass is 19.1. The summed E-state index contributed by atoms with van der Waals surface area (Å²) in [5.74, 6) is 0.605. The van der Waals surface area contributed by atoms with E-state index < -0.39 is 0 Å². The van der Waals surface area contributed by atoms with Crippen molar-refractivity contribution < 1.29 is 18.7 Å². The Morgan fingerprint density at radius 2 is 1.54 bits per heavy atom. The van der Waals surface area contributed by atoms with Crippen molar-refractivity contribution in [3.8, 4) is 5.75 Å². The molecular weight excluding hydrogens is 493 g/mol. The van der Waals surface area contributed by atoms with Crippen LogP contribution in [0.15, 0.2) is 72.8 Å². The Labute approximate surface area is 230 Å². The van der Waals surface area contributed by atoms with Crippen LogP contribution in [0.2, 0.25) is 0 Å². The molecule has 0 unspecified atom stereocenters. The molecule has 0 spiro atoms. The predicted octanol–water partition coefficient (Wildman–Crippen LogP) is 5.56. The zero-order valence-corrected chi connectivity index (χ0v) is 22.9. The van der Waals surface area contributed by atoms with Crippen molar-refractivity contribution in [3.63, 3.8) is 0 Å². The molecule has 0 radical (unpaired) electrons. The zero-order valence-electron chi connectivity index (χ0n) is 22.9. The molecule has 1 aliphatic rings. The minimum atomic E-state index is -0.218. The summed E-state index contributed by atoms with van der Waals surface area (Å²) in [7, 11) is 1.63. The number of likely N-dealkylation sites (tertiary alicyclic amines) is 1. The minimum absolute atomic E-state index is 0.134. The number of methoxy groups -OCH3 is 1. The van der Waals surface area contributed by atoms with E-state index >= 15 is 0 Å². The lowest BCUT2D eigenvalue weighted by molar-refractivity contribution is -0.135. The van der Waals surface area contributed by atoms with E-state index in [0.29, 0.717) is 25.1 Å². The fourth-order valence-electron chi connectivity index (χ4n) is 5.00. The summed E-state index contributed by atoms with van der Waals surface area (Å²) in [5, 5.41) is 2.96. The van der Waals surface area contributed by atoms with Crippen LogP contribution in [-0.2, 0) is 24.4 Å². The van der Waals surface area contributed by atoms with E-state index in [1.165, 1.54) is 12.1 Å². The number of carbonyl (C=O) groups is 2. The van der Waals surface area contributed by atoms with Gasteiger partial charge in [-0.05, 0) is 72.4 Å². The molecule has 0 aliphatic carbocycles. The van der Waals surface area contributed by atoms with Gasteiger partial charge in [0.2, 0.25) is 5.91 Å². The van der Waals surface area contributed by atoms with Crippen molar-refractivity contribution in [2.45, 2.75) is 58.3 Å². The quantitative estimate of drug-likeness (QED) is 0.352. The lowest BCUT2D eigenvalue weighted by atomic mass is 10.0. The Morgan fingerprint density at radius 3 is 2.15 bits per heavy atom. The van der Waals surface area contributed by atoms with Crippen LogP contribution in [0.1, 0.15) is 59.7 Å². The molecule has 1 fully saturated rings. The topological polar surface area (TPSA) is 61.9 Å². The smallest absolute Gasteiger partial charge is 0.251 e. The van der Waals surface area contributed by atoms with E-state index in [4.69, 9.17) is 4.74 Å². The first-order valence-corrected chi connectivity index (χ1v) is 13.7. The van der Waals surface area contributed by atoms with Crippen LogP contribution >= 0.6 is 0 Å². The van der Waals surface area contributed by atoms with Crippen LogP contribution < -0.4 is 10.1 Å². The van der Waals surface area contributed by atoms with Crippen LogP contribution in [-0.4, -0.2) is 47.9 Å². The standard InChI is InChI=1S/C32H38FN3O3/c1-3-4-31(37)36(29-17-19-35(20-18-29)22-25-7-13-28(33)14-8-25)23-26-5-11-27(12-6-26)32(38)34-21-24-9-15-30(39-2)16-10-24/h5-16,29H,3-4,17-23H2,1-2H3,(H,34,38). The van der Waals surface area contributed by atoms with Gasteiger partial charge in [-0.1, -0.05) is 43.3 Å². The van der Waals surface area contributed by atoms with Crippen molar-refractivity contribution in [3.05, 3.63) is 101 Å². The summed E-state index contributed by atoms with van der Waals surface area (Å²) in [4.78, 5) is 30.2. The van der Waals surface area contributed by atoms with Crippen LogP contribution in [0.5, 0.6) is 5.75 Å². The molecule has 7 heteroatoms. The molecule has 206 valence electrons. The molecule has 2 amide bonds. The van der Waals surface area contributed by atoms with Crippen LogP contribution in [0.4, 0.5) is 4.39 Å². The summed E-state index contributed by atoms with van der Waals surface area (Å²) in [5.41, 5.74) is 3.70. The molecule has 1 saturated heterocycles. The van der Waals surface area contributed by atoms with Gasteiger partial charge < -0.3 is 15.0 Å². The monoisotopic (exact) mass is 531 g/mol. The number of halogens is 1. The fourth-order valence-corrected chi connectivity index (χ4v) is 5.00. The second-order valence-corrected chi connectivity index (χ2v) is 10.1. The summed E-state index contributed by atoms with van der Waals surface area (Å²) in [6, 6.07) is 22.0. The number of hydrogen-bond acceptors (Lipinski definition) is 4. The lowest BCUT2D eigenvalue weighted by Crippen LogP contribution is -2.46. The molecule has 4 rings (SSSR count). The molecule has 39 heavy (non-hydrogen) atoms. The number of piperidine rings is 1. The van der Waals surface area contributed by atoms with Gasteiger partial charge in [0.15, 0.2) is 0 Å². The van der Waals surface area contributed by atoms with Gasteiger partial charge in [0.1, 0.15) is 11.6 Å². The summed E-state index contributed by atoms with van der Waals surface area (Å²) < 4.78 is 18.4. The molecular formula is C32H38FN3O3. The van der Waals surface area contributed by atoms with Crippen molar-refractivity contribution in [1.29, 1.82) is 0 Å². The Bertz CT molecular complexity index is 1200. The van der Waals surface area contributed by atoms with Gasteiger partial charge in [0.25, 0.3) is 5.91 Å².